The Morgan fingerprint density at radius 2 is 1.72 bits per heavy atom. The Balaban J connectivity index is 1.33. The van der Waals surface area contributed by atoms with Crippen LogP contribution in [0.1, 0.15) is 105 Å². The first kappa shape index (κ1) is 30.9. The second-order valence-corrected chi connectivity index (χ2v) is 17.0. The van der Waals surface area contributed by atoms with Crippen LogP contribution < -0.4 is 9.46 Å². The van der Waals surface area contributed by atoms with Crippen LogP contribution >= 0.6 is 0 Å². The Bertz CT molecular complexity index is 1850. The number of methoxy groups -OCH3 is 1. The van der Waals surface area contributed by atoms with Gasteiger partial charge in [-0.15, -0.1) is 0 Å². The monoisotopic (exact) mass is 659 g/mol. The van der Waals surface area contributed by atoms with Gasteiger partial charge in [0.1, 0.15) is 5.75 Å². The van der Waals surface area contributed by atoms with Crippen LogP contribution in [0.3, 0.4) is 0 Å². The fraction of sp³-hybridized carbons (Fsp3) is 0.568. The summed E-state index contributed by atoms with van der Waals surface area (Å²) in [6.45, 7) is 4.81. The van der Waals surface area contributed by atoms with Crippen LogP contribution in [0.5, 0.6) is 5.75 Å². The fourth-order valence-electron chi connectivity index (χ4n) is 9.15. The van der Waals surface area contributed by atoms with Crippen LogP contribution in [-0.4, -0.2) is 67.4 Å². The molecule has 3 unspecified atom stereocenters. The van der Waals surface area contributed by atoms with Crippen molar-refractivity contribution < 1.29 is 27.5 Å². The highest BCUT2D eigenvalue weighted by molar-refractivity contribution is 7.90. The quantitative estimate of drug-likeness (QED) is 0.343. The minimum Gasteiger partial charge on any atom is -0.497 e. The third kappa shape index (κ3) is 4.92. The van der Waals surface area contributed by atoms with E-state index >= 15 is 0 Å². The van der Waals surface area contributed by atoms with E-state index in [4.69, 9.17) is 9.47 Å². The summed E-state index contributed by atoms with van der Waals surface area (Å²) >= 11 is 0. The maximum Gasteiger partial charge on any atom is 0.264 e. The number of carbonyl (C=O) groups excluding carboxylic acids is 2. The third-order valence-electron chi connectivity index (χ3n) is 11.8. The van der Waals surface area contributed by atoms with E-state index < -0.39 is 26.6 Å². The maximum atomic E-state index is 15.0. The van der Waals surface area contributed by atoms with Crippen LogP contribution in [0.4, 0.5) is 0 Å². The van der Waals surface area contributed by atoms with Gasteiger partial charge in [-0.3, -0.25) is 9.59 Å². The zero-order chi connectivity index (χ0) is 32.7. The van der Waals surface area contributed by atoms with Crippen molar-refractivity contribution in [1.29, 1.82) is 0 Å². The van der Waals surface area contributed by atoms with Gasteiger partial charge in [-0.1, -0.05) is 25.3 Å². The highest BCUT2D eigenvalue weighted by atomic mass is 32.2. The number of ether oxygens (including phenoxy) is 2. The Morgan fingerprint density at radius 1 is 0.979 bits per heavy atom. The minimum atomic E-state index is -3.80. The lowest BCUT2D eigenvalue weighted by molar-refractivity contribution is -0.157. The van der Waals surface area contributed by atoms with Crippen LogP contribution in [0.25, 0.3) is 22.2 Å². The van der Waals surface area contributed by atoms with Gasteiger partial charge in [0.15, 0.2) is 0 Å². The molecule has 5 aliphatic rings. The molecule has 2 aliphatic carbocycles. The third-order valence-corrected chi connectivity index (χ3v) is 13.5. The number of benzene rings is 2. The predicted octanol–water partition coefficient (Wildman–Crippen LogP) is 6.10. The van der Waals surface area contributed by atoms with E-state index in [1.807, 2.05) is 18.2 Å². The molecule has 1 aromatic heterocycles. The number of morpholine rings is 1. The molecule has 9 nitrogen and oxygen atoms in total. The van der Waals surface area contributed by atoms with E-state index in [0.29, 0.717) is 31.2 Å². The summed E-state index contributed by atoms with van der Waals surface area (Å²) in [5.74, 6) is 0.790. The summed E-state index contributed by atoms with van der Waals surface area (Å²) in [5.41, 5.74) is 5.29. The number of nitrogens with zero attached hydrogens (tertiary/aromatic N) is 2. The van der Waals surface area contributed by atoms with Gasteiger partial charge < -0.3 is 18.9 Å². The summed E-state index contributed by atoms with van der Waals surface area (Å²) in [7, 11) is -2.11. The van der Waals surface area contributed by atoms with Crippen molar-refractivity contribution in [2.45, 2.75) is 107 Å². The number of amides is 2. The average molecular weight is 660 g/mol. The molecule has 4 atom stereocenters. The largest absolute Gasteiger partial charge is 0.497 e. The molecule has 3 aliphatic heterocycles. The molecule has 250 valence electrons. The highest BCUT2D eigenvalue weighted by Crippen LogP contribution is 2.66. The summed E-state index contributed by atoms with van der Waals surface area (Å²) in [5, 5.41) is 0.352. The molecular weight excluding hydrogens is 614 g/mol. The Morgan fingerprint density at radius 3 is 2.43 bits per heavy atom. The molecule has 1 N–H and O–H groups in total. The van der Waals surface area contributed by atoms with Gasteiger partial charge in [-0.2, -0.15) is 0 Å². The number of carbonyl (C=O) groups is 2. The van der Waals surface area contributed by atoms with Crippen molar-refractivity contribution in [2.75, 3.05) is 20.3 Å². The number of aromatic nitrogens is 1. The van der Waals surface area contributed by atoms with Crippen molar-refractivity contribution in [3.8, 4) is 17.0 Å². The second-order valence-electron chi connectivity index (χ2n) is 14.8. The summed E-state index contributed by atoms with van der Waals surface area (Å²) < 4.78 is 41.6. The molecule has 2 saturated heterocycles. The lowest BCUT2D eigenvalue weighted by Gasteiger charge is -2.47. The van der Waals surface area contributed by atoms with Gasteiger partial charge >= 0.3 is 0 Å². The molecule has 3 aromatic rings. The second kappa shape index (κ2) is 11.4. The standard InChI is InChI=1S/C37H45N3O6S/c1-22(2)47(43,44)38-35(41)24-12-14-29-32(16-24)39-21-37(36(42)40-25-10-7-11-26(40)20-46-19-25)18-31(37)30-17-27(45-3)13-15-28(30)34(39)33(29)23-8-5-4-6-9-23/h12-17,22-23,25-26,31H,4-11,18-21H2,1-3H3,(H,38,41)/t25-,26?,31?,37?/m0/s1. The van der Waals surface area contributed by atoms with Gasteiger partial charge in [-0.05, 0) is 99.7 Å². The fourth-order valence-corrected chi connectivity index (χ4v) is 9.76. The molecule has 10 heteroatoms. The number of fused-ring (bicyclic) bond motifs is 9. The molecular formula is C37H45N3O6S. The van der Waals surface area contributed by atoms with Crippen molar-refractivity contribution in [3.63, 3.8) is 0 Å². The van der Waals surface area contributed by atoms with Crippen molar-refractivity contribution in [3.05, 3.63) is 53.1 Å². The molecule has 2 bridgehead atoms. The highest BCUT2D eigenvalue weighted by Gasteiger charge is 2.65. The lowest BCUT2D eigenvalue weighted by Crippen LogP contribution is -2.59. The Kier molecular flexibility index (Phi) is 7.48. The van der Waals surface area contributed by atoms with Gasteiger partial charge in [0, 0.05) is 34.5 Å². The maximum absolute atomic E-state index is 15.0. The summed E-state index contributed by atoms with van der Waals surface area (Å²) in [6.07, 6.45) is 9.57. The van der Waals surface area contributed by atoms with E-state index in [1.165, 1.54) is 24.8 Å². The summed E-state index contributed by atoms with van der Waals surface area (Å²) in [4.78, 5) is 30.6. The van der Waals surface area contributed by atoms with E-state index in [1.54, 1.807) is 27.0 Å². The molecule has 2 saturated carbocycles. The summed E-state index contributed by atoms with van der Waals surface area (Å²) in [6, 6.07) is 12.1. The molecule has 8 rings (SSSR count). The normalized spacial score (nSPS) is 27.1. The van der Waals surface area contributed by atoms with Gasteiger partial charge in [0.05, 0.1) is 48.8 Å². The first-order valence-corrected chi connectivity index (χ1v) is 19.0. The van der Waals surface area contributed by atoms with Crippen molar-refractivity contribution in [1.82, 2.24) is 14.2 Å². The van der Waals surface area contributed by atoms with Crippen LogP contribution in [-0.2, 0) is 26.1 Å². The van der Waals surface area contributed by atoms with Gasteiger partial charge in [0.25, 0.3) is 5.91 Å². The molecule has 4 heterocycles. The van der Waals surface area contributed by atoms with E-state index in [-0.39, 0.29) is 23.9 Å². The van der Waals surface area contributed by atoms with E-state index in [9.17, 15) is 18.0 Å². The molecule has 0 radical (unpaired) electrons. The Labute approximate surface area is 277 Å². The molecule has 2 aromatic carbocycles. The number of hydrogen-bond donors (Lipinski definition) is 1. The number of rotatable bonds is 6. The SMILES string of the molecule is COc1ccc2c(c1)C1CC1(C(=O)N1C3CCC[C@H]1COC3)Cn1c-2c(C2CCCCC2)c2ccc(C(=O)NS(=O)(=O)C(C)C)cc21. The molecule has 0 spiro atoms. The van der Waals surface area contributed by atoms with Crippen LogP contribution in [0, 0.1) is 5.41 Å². The van der Waals surface area contributed by atoms with E-state index in [0.717, 1.165) is 72.0 Å². The van der Waals surface area contributed by atoms with Gasteiger partial charge in [0.2, 0.25) is 15.9 Å². The average Bonchev–Trinajstić information content (AvgIpc) is 3.73. The van der Waals surface area contributed by atoms with Crippen molar-refractivity contribution in [2.24, 2.45) is 5.41 Å². The molecule has 47 heavy (non-hydrogen) atoms. The lowest BCUT2D eigenvalue weighted by atomic mass is 9.81. The molecule has 4 fully saturated rings. The number of nitrogens with one attached hydrogen (secondary N) is 1. The number of piperidine rings is 1. The number of hydrogen-bond acceptors (Lipinski definition) is 6. The minimum absolute atomic E-state index is 0.0560. The van der Waals surface area contributed by atoms with Crippen LogP contribution in [0.15, 0.2) is 36.4 Å². The smallest absolute Gasteiger partial charge is 0.264 e. The molecule has 2 amide bonds. The van der Waals surface area contributed by atoms with Gasteiger partial charge in [-0.25, -0.2) is 13.1 Å². The van der Waals surface area contributed by atoms with Crippen LogP contribution in [0.2, 0.25) is 0 Å². The topological polar surface area (TPSA) is 107 Å². The first-order valence-electron chi connectivity index (χ1n) is 17.4. The zero-order valence-corrected chi connectivity index (χ0v) is 28.4. The Hall–Kier alpha value is -3.37. The first-order chi connectivity index (χ1) is 22.6. The van der Waals surface area contributed by atoms with Crippen molar-refractivity contribution >= 4 is 32.7 Å². The predicted molar refractivity (Wildman–Crippen MR) is 180 cm³/mol. The zero-order valence-electron chi connectivity index (χ0n) is 27.6. The number of sulfonamides is 1. The van der Waals surface area contributed by atoms with E-state index in [2.05, 4.69) is 26.3 Å².